The molecule has 0 atom stereocenters. The predicted molar refractivity (Wildman–Crippen MR) is 70.2 cm³/mol. The van der Waals surface area contributed by atoms with Crippen LogP contribution in [0.2, 0.25) is 0 Å². The number of hydrogen-bond donors (Lipinski definition) is 0. The fraction of sp³-hybridized carbons (Fsp3) is 0.600. The van der Waals surface area contributed by atoms with Gasteiger partial charge in [0, 0.05) is 11.1 Å². The summed E-state index contributed by atoms with van der Waals surface area (Å²) in [4.78, 5) is 0. The summed E-state index contributed by atoms with van der Waals surface area (Å²) in [6.45, 7) is 1.01. The van der Waals surface area contributed by atoms with Crippen molar-refractivity contribution < 1.29 is 61.5 Å². The topological polar surface area (TPSA) is 0 Å². The lowest BCUT2D eigenvalue weighted by molar-refractivity contribution is -0.361. The van der Waals surface area contributed by atoms with Crippen LogP contribution in [0.3, 0.4) is 0 Å². The quantitative estimate of drug-likeness (QED) is 0.397. The molecule has 0 nitrogen and oxygen atoms in total. The summed E-state index contributed by atoms with van der Waals surface area (Å²) in [5.74, 6) is -26.1. The van der Waals surface area contributed by atoms with Crippen molar-refractivity contribution in [2.24, 2.45) is 0 Å². The largest absolute Gasteiger partial charge is 0.460 e. The van der Waals surface area contributed by atoms with Gasteiger partial charge in [0.2, 0.25) is 0 Å². The first kappa shape index (κ1) is 25.3. The second kappa shape index (κ2) is 7.18. The number of alkyl halides is 14. The SMILES string of the molecule is CCCc1c(C(F)(F)C(F)(F)C(F)(F)F)cccc1C(F)(F)C(F)(F)C(F)(F)F. The minimum absolute atomic E-state index is 0.0371. The number of rotatable bonds is 6. The number of hydrogen-bond acceptors (Lipinski definition) is 0. The Labute approximate surface area is 153 Å². The van der Waals surface area contributed by atoms with Crippen molar-refractivity contribution in [2.75, 3.05) is 0 Å². The molecule has 0 aliphatic rings. The van der Waals surface area contributed by atoms with E-state index in [-0.39, 0.29) is 18.2 Å². The van der Waals surface area contributed by atoms with Gasteiger partial charge in [-0.15, -0.1) is 0 Å². The first-order valence-electron chi connectivity index (χ1n) is 7.45. The standard InChI is InChI=1S/C15H10F14/c1-2-4-7-8(10(16,17)12(20,21)14(24,25)26)5-3-6-9(7)11(18,19)13(22,23)15(27,28)29/h3,5-6H,2,4H2,1H3. The second-order valence-electron chi connectivity index (χ2n) is 5.87. The molecule has 0 radical (unpaired) electrons. The van der Waals surface area contributed by atoms with Crippen LogP contribution in [0.15, 0.2) is 18.2 Å². The summed E-state index contributed by atoms with van der Waals surface area (Å²) in [5.41, 5.74) is -6.73. The zero-order valence-electron chi connectivity index (χ0n) is 13.9. The van der Waals surface area contributed by atoms with E-state index in [2.05, 4.69) is 0 Å². The molecule has 0 bridgehead atoms. The molecular formula is C15H10F14. The van der Waals surface area contributed by atoms with Gasteiger partial charge in [-0.2, -0.15) is 61.5 Å². The van der Waals surface area contributed by atoms with E-state index < -0.39 is 65.6 Å². The highest BCUT2D eigenvalue weighted by molar-refractivity contribution is 5.43. The van der Waals surface area contributed by atoms with Gasteiger partial charge in [-0.25, -0.2) is 0 Å². The van der Waals surface area contributed by atoms with Gasteiger partial charge in [0.25, 0.3) is 0 Å². The van der Waals surface area contributed by atoms with Crippen molar-refractivity contribution in [3.8, 4) is 0 Å². The van der Waals surface area contributed by atoms with E-state index in [9.17, 15) is 61.5 Å². The van der Waals surface area contributed by atoms with Gasteiger partial charge in [0.1, 0.15) is 0 Å². The third-order valence-corrected chi connectivity index (χ3v) is 3.85. The first-order chi connectivity index (χ1) is 12.7. The van der Waals surface area contributed by atoms with Crippen LogP contribution >= 0.6 is 0 Å². The molecule has 0 aromatic heterocycles. The molecule has 0 spiro atoms. The lowest BCUT2D eigenvalue weighted by Crippen LogP contribution is -2.52. The fourth-order valence-electron chi connectivity index (χ4n) is 2.39. The van der Waals surface area contributed by atoms with E-state index in [0.29, 0.717) is 0 Å². The number of benzene rings is 1. The zero-order valence-corrected chi connectivity index (χ0v) is 13.9. The maximum absolute atomic E-state index is 14.0. The highest BCUT2D eigenvalue weighted by atomic mass is 19.4. The van der Waals surface area contributed by atoms with Gasteiger partial charge in [-0.1, -0.05) is 31.5 Å². The van der Waals surface area contributed by atoms with E-state index in [1.165, 1.54) is 0 Å². The van der Waals surface area contributed by atoms with Crippen molar-refractivity contribution in [1.29, 1.82) is 0 Å². The molecule has 0 aliphatic heterocycles. The Balaban J connectivity index is 3.87. The highest BCUT2D eigenvalue weighted by Gasteiger charge is 2.76. The normalized spacial score (nSPS) is 15.0. The van der Waals surface area contributed by atoms with Crippen molar-refractivity contribution in [3.63, 3.8) is 0 Å². The minimum atomic E-state index is -6.88. The third kappa shape index (κ3) is 3.86. The Morgan fingerprint density at radius 3 is 1.14 bits per heavy atom. The summed E-state index contributed by atoms with van der Waals surface area (Å²) in [6, 6.07) is -0.379. The highest BCUT2D eigenvalue weighted by Crippen LogP contribution is 2.56. The van der Waals surface area contributed by atoms with Crippen LogP contribution in [-0.2, 0) is 18.3 Å². The van der Waals surface area contributed by atoms with Crippen LogP contribution in [0.25, 0.3) is 0 Å². The molecule has 168 valence electrons. The molecule has 0 aliphatic carbocycles. The summed E-state index contributed by atoms with van der Waals surface area (Å²) in [5, 5.41) is 0. The van der Waals surface area contributed by atoms with E-state index in [1.54, 1.807) is 0 Å². The zero-order chi connectivity index (χ0) is 23.3. The van der Waals surface area contributed by atoms with Gasteiger partial charge in [0.05, 0.1) is 0 Å². The average molecular weight is 456 g/mol. The smallest absolute Gasteiger partial charge is 0.194 e. The summed E-state index contributed by atoms with van der Waals surface area (Å²) >= 11 is 0. The van der Waals surface area contributed by atoms with Crippen molar-refractivity contribution in [1.82, 2.24) is 0 Å². The molecule has 29 heavy (non-hydrogen) atoms. The van der Waals surface area contributed by atoms with E-state index in [4.69, 9.17) is 0 Å². The minimum Gasteiger partial charge on any atom is -0.194 e. The summed E-state index contributed by atoms with van der Waals surface area (Å²) in [7, 11) is 0. The molecule has 14 heteroatoms. The van der Waals surface area contributed by atoms with Crippen molar-refractivity contribution in [2.45, 2.75) is 55.8 Å². The Hall–Kier alpha value is -1.76. The molecular weight excluding hydrogens is 446 g/mol. The fourth-order valence-corrected chi connectivity index (χ4v) is 2.39. The molecule has 0 amide bonds. The average Bonchev–Trinajstić information content (AvgIpc) is 2.52. The van der Waals surface area contributed by atoms with Crippen molar-refractivity contribution in [3.05, 3.63) is 34.9 Å². The van der Waals surface area contributed by atoms with Gasteiger partial charge in [0.15, 0.2) is 0 Å². The Kier molecular flexibility index (Phi) is 6.26. The Bertz CT molecular complexity index is 669. The Morgan fingerprint density at radius 2 is 0.897 bits per heavy atom. The molecule has 1 aromatic carbocycles. The molecule has 1 rings (SSSR count). The van der Waals surface area contributed by atoms with Crippen LogP contribution < -0.4 is 0 Å². The summed E-state index contributed by atoms with van der Waals surface area (Å²) in [6.07, 6.45) is -15.5. The van der Waals surface area contributed by atoms with E-state index >= 15 is 0 Å². The number of halogens is 14. The first-order valence-corrected chi connectivity index (χ1v) is 7.45. The van der Waals surface area contributed by atoms with E-state index in [0.717, 1.165) is 6.92 Å². The lowest BCUT2D eigenvalue weighted by atomic mass is 9.86. The third-order valence-electron chi connectivity index (χ3n) is 3.85. The predicted octanol–water partition coefficient (Wildman–Crippen LogP) is 7.22. The molecule has 0 unspecified atom stereocenters. The van der Waals surface area contributed by atoms with Crippen LogP contribution in [-0.4, -0.2) is 24.2 Å². The van der Waals surface area contributed by atoms with Gasteiger partial charge < -0.3 is 0 Å². The Morgan fingerprint density at radius 1 is 0.586 bits per heavy atom. The van der Waals surface area contributed by atoms with Crippen LogP contribution in [0.5, 0.6) is 0 Å². The van der Waals surface area contributed by atoms with Crippen molar-refractivity contribution >= 4 is 0 Å². The maximum atomic E-state index is 14.0. The maximum Gasteiger partial charge on any atom is 0.460 e. The van der Waals surface area contributed by atoms with Crippen LogP contribution in [0.1, 0.15) is 30.0 Å². The molecule has 0 heterocycles. The molecule has 0 saturated heterocycles. The van der Waals surface area contributed by atoms with Gasteiger partial charge >= 0.3 is 36.0 Å². The monoisotopic (exact) mass is 456 g/mol. The molecule has 0 N–H and O–H groups in total. The van der Waals surface area contributed by atoms with Crippen LogP contribution in [0.4, 0.5) is 61.5 Å². The van der Waals surface area contributed by atoms with E-state index in [1.807, 2.05) is 0 Å². The molecule has 1 aromatic rings. The van der Waals surface area contributed by atoms with Crippen LogP contribution in [0, 0.1) is 0 Å². The van der Waals surface area contributed by atoms with Gasteiger partial charge in [-0.05, 0) is 12.0 Å². The molecule has 0 saturated carbocycles. The molecule has 0 fully saturated rings. The second-order valence-corrected chi connectivity index (χ2v) is 5.87. The van der Waals surface area contributed by atoms with Gasteiger partial charge in [-0.3, -0.25) is 0 Å². The lowest BCUT2D eigenvalue weighted by Gasteiger charge is -2.33. The summed E-state index contributed by atoms with van der Waals surface area (Å²) < 4.78 is 183.